The predicted molar refractivity (Wildman–Crippen MR) is 99.8 cm³/mol. The zero-order valence-corrected chi connectivity index (χ0v) is 15.2. The quantitative estimate of drug-likeness (QED) is 0.528. The number of amides is 2. The molecule has 0 spiro atoms. The molecule has 0 aliphatic heterocycles. The maximum absolute atomic E-state index is 12.1. The fraction of sp³-hybridized carbons (Fsp3) is 0.600. The summed E-state index contributed by atoms with van der Waals surface area (Å²) in [4.78, 5) is 24.3. The van der Waals surface area contributed by atoms with Crippen LogP contribution in [0.2, 0.25) is 0 Å². The van der Waals surface area contributed by atoms with Gasteiger partial charge in [0.05, 0.1) is 17.9 Å². The number of hydrogen-bond donors (Lipinski definition) is 2. The minimum absolute atomic E-state index is 0.274. The molecule has 0 saturated heterocycles. The summed E-state index contributed by atoms with van der Waals surface area (Å²) in [7, 11) is 0. The number of hydrogen-bond acceptors (Lipinski definition) is 3. The smallest absolute Gasteiger partial charge is 0.340 e. The first kappa shape index (κ1) is 19.3. The monoisotopic (exact) mass is 346 g/mol. The molecule has 0 radical (unpaired) electrons. The van der Waals surface area contributed by atoms with E-state index in [0.717, 1.165) is 25.2 Å². The first-order valence-electron chi connectivity index (χ1n) is 9.51. The molecule has 1 aromatic rings. The van der Waals surface area contributed by atoms with E-state index in [2.05, 4.69) is 10.6 Å². The average molecular weight is 346 g/mol. The summed E-state index contributed by atoms with van der Waals surface area (Å²) >= 11 is 0. The van der Waals surface area contributed by atoms with Gasteiger partial charge >= 0.3 is 12.0 Å². The lowest BCUT2D eigenvalue weighted by Gasteiger charge is -2.21. The lowest BCUT2D eigenvalue weighted by molar-refractivity contribution is 0.0501. The first-order valence-corrected chi connectivity index (χ1v) is 9.51. The van der Waals surface area contributed by atoms with Crippen molar-refractivity contribution in [2.75, 3.05) is 18.5 Å². The van der Waals surface area contributed by atoms with Crippen LogP contribution in [-0.4, -0.2) is 25.2 Å². The van der Waals surface area contributed by atoms with E-state index in [4.69, 9.17) is 4.74 Å². The SMILES string of the molecule is CCCCOC(=O)c1ccccc1NC(=O)NCCC1CCCCC1. The lowest BCUT2D eigenvalue weighted by Crippen LogP contribution is -2.31. The topological polar surface area (TPSA) is 67.4 Å². The van der Waals surface area contributed by atoms with Gasteiger partial charge in [-0.25, -0.2) is 9.59 Å². The number of rotatable bonds is 8. The summed E-state index contributed by atoms with van der Waals surface area (Å²) in [6.07, 6.45) is 9.34. The maximum Gasteiger partial charge on any atom is 0.340 e. The van der Waals surface area contributed by atoms with Crippen LogP contribution in [0.25, 0.3) is 0 Å². The van der Waals surface area contributed by atoms with E-state index < -0.39 is 5.97 Å². The fourth-order valence-corrected chi connectivity index (χ4v) is 3.19. The van der Waals surface area contributed by atoms with Crippen molar-refractivity contribution in [3.8, 4) is 0 Å². The number of carbonyl (C=O) groups excluding carboxylic acids is 2. The summed E-state index contributed by atoms with van der Waals surface area (Å²) in [5.74, 6) is 0.335. The summed E-state index contributed by atoms with van der Waals surface area (Å²) in [5.41, 5.74) is 0.875. The van der Waals surface area contributed by atoms with E-state index in [1.165, 1.54) is 32.1 Å². The molecule has 5 nitrogen and oxygen atoms in total. The van der Waals surface area contributed by atoms with Crippen LogP contribution in [0.15, 0.2) is 24.3 Å². The minimum Gasteiger partial charge on any atom is -0.462 e. The van der Waals surface area contributed by atoms with Crippen LogP contribution in [0.5, 0.6) is 0 Å². The summed E-state index contributed by atoms with van der Waals surface area (Å²) in [6, 6.07) is 6.68. The van der Waals surface area contributed by atoms with Crippen molar-refractivity contribution in [2.45, 2.75) is 58.3 Å². The van der Waals surface area contributed by atoms with E-state index in [1.54, 1.807) is 24.3 Å². The molecule has 1 aliphatic rings. The van der Waals surface area contributed by atoms with Gasteiger partial charge in [-0.05, 0) is 30.9 Å². The molecule has 0 bridgehead atoms. The van der Waals surface area contributed by atoms with E-state index in [1.807, 2.05) is 6.92 Å². The number of carbonyl (C=O) groups is 2. The molecule has 2 N–H and O–H groups in total. The standard InChI is InChI=1S/C20H30N2O3/c1-2-3-15-25-19(23)17-11-7-8-12-18(17)22-20(24)21-14-13-16-9-5-4-6-10-16/h7-8,11-12,16H,2-6,9-10,13-15H2,1H3,(H2,21,22,24). The van der Waals surface area contributed by atoms with Crippen molar-refractivity contribution in [2.24, 2.45) is 5.92 Å². The molecule has 1 fully saturated rings. The molecule has 2 rings (SSSR count). The van der Waals surface area contributed by atoms with Gasteiger partial charge in [-0.3, -0.25) is 0 Å². The van der Waals surface area contributed by atoms with Crippen LogP contribution in [0.1, 0.15) is 68.6 Å². The second-order valence-corrected chi connectivity index (χ2v) is 6.71. The Labute approximate surface area is 150 Å². The van der Waals surface area contributed by atoms with Gasteiger partial charge in [-0.1, -0.05) is 57.6 Å². The second-order valence-electron chi connectivity index (χ2n) is 6.71. The number of anilines is 1. The largest absolute Gasteiger partial charge is 0.462 e. The Kier molecular flexibility index (Phi) is 8.29. The van der Waals surface area contributed by atoms with Crippen molar-refractivity contribution in [3.63, 3.8) is 0 Å². The molecule has 0 aromatic heterocycles. The van der Waals surface area contributed by atoms with Crippen molar-refractivity contribution in [3.05, 3.63) is 29.8 Å². The zero-order valence-electron chi connectivity index (χ0n) is 15.2. The Balaban J connectivity index is 1.80. The molecule has 1 saturated carbocycles. The highest BCUT2D eigenvalue weighted by molar-refractivity contribution is 6.00. The summed E-state index contributed by atoms with van der Waals surface area (Å²) < 4.78 is 5.24. The Morgan fingerprint density at radius 1 is 1.16 bits per heavy atom. The molecule has 1 aliphatic carbocycles. The third-order valence-electron chi connectivity index (χ3n) is 4.69. The molecular weight excluding hydrogens is 316 g/mol. The fourth-order valence-electron chi connectivity index (χ4n) is 3.19. The van der Waals surface area contributed by atoms with Gasteiger partial charge in [-0.15, -0.1) is 0 Å². The highest BCUT2D eigenvalue weighted by atomic mass is 16.5. The average Bonchev–Trinajstić information content (AvgIpc) is 2.63. The van der Waals surface area contributed by atoms with Crippen LogP contribution >= 0.6 is 0 Å². The highest BCUT2D eigenvalue weighted by Crippen LogP contribution is 2.25. The molecule has 2 amide bonds. The van der Waals surface area contributed by atoms with Gasteiger partial charge in [0.15, 0.2) is 0 Å². The molecule has 5 heteroatoms. The maximum atomic E-state index is 12.1. The van der Waals surface area contributed by atoms with E-state index in [9.17, 15) is 9.59 Å². The van der Waals surface area contributed by atoms with Gasteiger partial charge in [0, 0.05) is 6.54 Å². The van der Waals surface area contributed by atoms with Crippen LogP contribution in [-0.2, 0) is 4.74 Å². The third kappa shape index (κ3) is 6.77. The molecule has 1 aromatic carbocycles. The van der Waals surface area contributed by atoms with Gasteiger partial charge in [0.2, 0.25) is 0 Å². The highest BCUT2D eigenvalue weighted by Gasteiger charge is 2.15. The van der Waals surface area contributed by atoms with Crippen LogP contribution in [0.3, 0.4) is 0 Å². The Morgan fingerprint density at radius 2 is 1.92 bits per heavy atom. The van der Waals surface area contributed by atoms with Crippen LogP contribution in [0.4, 0.5) is 10.5 Å². The van der Waals surface area contributed by atoms with Gasteiger partial charge in [0.25, 0.3) is 0 Å². The molecular formula is C20H30N2O3. The number of benzene rings is 1. The number of unbranched alkanes of at least 4 members (excludes halogenated alkanes) is 1. The van der Waals surface area contributed by atoms with E-state index in [0.29, 0.717) is 24.4 Å². The van der Waals surface area contributed by atoms with Gasteiger partial charge in [0.1, 0.15) is 0 Å². The number of para-hydroxylation sites is 1. The van der Waals surface area contributed by atoms with Gasteiger partial charge < -0.3 is 15.4 Å². The normalized spacial score (nSPS) is 14.8. The summed E-state index contributed by atoms with van der Waals surface area (Å²) in [6.45, 7) is 3.11. The first-order chi connectivity index (χ1) is 12.2. The second kappa shape index (κ2) is 10.7. The van der Waals surface area contributed by atoms with Crippen molar-refractivity contribution in [1.82, 2.24) is 5.32 Å². The number of ether oxygens (including phenoxy) is 1. The Hall–Kier alpha value is -2.04. The Morgan fingerprint density at radius 3 is 2.68 bits per heavy atom. The zero-order chi connectivity index (χ0) is 17.9. The summed E-state index contributed by atoms with van der Waals surface area (Å²) in [5, 5.41) is 5.66. The third-order valence-corrected chi connectivity index (χ3v) is 4.69. The van der Waals surface area contributed by atoms with E-state index in [-0.39, 0.29) is 6.03 Å². The number of nitrogens with one attached hydrogen (secondary N) is 2. The lowest BCUT2D eigenvalue weighted by atomic mass is 9.87. The van der Waals surface area contributed by atoms with E-state index >= 15 is 0 Å². The van der Waals surface area contributed by atoms with Crippen LogP contribution in [0, 0.1) is 5.92 Å². The van der Waals surface area contributed by atoms with Gasteiger partial charge in [-0.2, -0.15) is 0 Å². The van der Waals surface area contributed by atoms with Crippen LogP contribution < -0.4 is 10.6 Å². The van der Waals surface area contributed by atoms with Crippen molar-refractivity contribution < 1.29 is 14.3 Å². The molecule has 0 unspecified atom stereocenters. The molecule has 25 heavy (non-hydrogen) atoms. The number of urea groups is 1. The molecule has 138 valence electrons. The van der Waals surface area contributed by atoms with Crippen molar-refractivity contribution in [1.29, 1.82) is 0 Å². The number of esters is 1. The predicted octanol–water partition coefficient (Wildman–Crippen LogP) is 4.74. The minimum atomic E-state index is -0.397. The van der Waals surface area contributed by atoms with Crippen molar-refractivity contribution >= 4 is 17.7 Å². The molecule has 0 heterocycles. The molecule has 0 atom stereocenters. The Bertz CT molecular complexity index is 554.